The second-order valence-electron chi connectivity index (χ2n) is 4.63. The zero-order valence-electron chi connectivity index (χ0n) is 12.9. The first kappa shape index (κ1) is 18.6. The zero-order valence-corrected chi connectivity index (χ0v) is 13.7. The lowest BCUT2D eigenvalue weighted by atomic mass is 10.0. The van der Waals surface area contributed by atoms with Crippen LogP contribution in [0.15, 0.2) is 48.1 Å². The van der Waals surface area contributed by atoms with Gasteiger partial charge in [-0.15, -0.1) is 0 Å². The quantitative estimate of drug-likeness (QED) is 0.434. The lowest BCUT2D eigenvalue weighted by Gasteiger charge is -2.07. The number of allylic oxidation sites excluding steroid dienone is 1. The summed E-state index contributed by atoms with van der Waals surface area (Å²) in [5.74, 6) is -1.55. The largest absolute Gasteiger partial charge is 0.466 e. The van der Waals surface area contributed by atoms with Crippen molar-refractivity contribution in [2.75, 3.05) is 14.2 Å². The summed E-state index contributed by atoms with van der Waals surface area (Å²) in [6, 6.07) is 6.28. The fourth-order valence-electron chi connectivity index (χ4n) is 1.75. The lowest BCUT2D eigenvalue weighted by molar-refractivity contribution is -0.137. The van der Waals surface area contributed by atoms with Gasteiger partial charge in [0.2, 0.25) is 0 Å². The summed E-state index contributed by atoms with van der Waals surface area (Å²) in [4.78, 5) is 35.3. The van der Waals surface area contributed by atoms with Crippen LogP contribution in [0.25, 0.3) is 0 Å². The van der Waals surface area contributed by atoms with Crippen LogP contribution in [0.1, 0.15) is 23.2 Å². The number of methoxy groups -OCH3 is 2. The number of benzene rings is 1. The molecule has 0 aliphatic carbocycles. The van der Waals surface area contributed by atoms with E-state index in [2.05, 4.69) is 16.1 Å². The number of hydrogen-bond acceptors (Lipinski definition) is 5. The maximum absolute atomic E-state index is 12.2. The van der Waals surface area contributed by atoms with Crippen LogP contribution >= 0.6 is 11.6 Å². The molecular formula is C17H17ClO5. The van der Waals surface area contributed by atoms with Gasteiger partial charge in [0.1, 0.15) is 0 Å². The van der Waals surface area contributed by atoms with E-state index < -0.39 is 11.9 Å². The van der Waals surface area contributed by atoms with Crippen molar-refractivity contribution < 1.29 is 23.9 Å². The van der Waals surface area contributed by atoms with Gasteiger partial charge < -0.3 is 9.47 Å². The number of carbonyl (C=O) groups excluding carboxylic acids is 3. The third-order valence-electron chi connectivity index (χ3n) is 3.05. The van der Waals surface area contributed by atoms with Crippen LogP contribution in [0.5, 0.6) is 0 Å². The van der Waals surface area contributed by atoms with Crippen molar-refractivity contribution in [1.82, 2.24) is 0 Å². The monoisotopic (exact) mass is 336 g/mol. The molecule has 0 aliphatic heterocycles. The smallest absolute Gasteiger partial charge is 0.333 e. The third-order valence-corrected chi connectivity index (χ3v) is 3.30. The minimum atomic E-state index is -0.634. The lowest BCUT2D eigenvalue weighted by Crippen LogP contribution is -2.10. The third kappa shape index (κ3) is 5.71. The van der Waals surface area contributed by atoms with Crippen LogP contribution in [-0.2, 0) is 19.1 Å². The molecule has 0 saturated heterocycles. The molecule has 0 bridgehead atoms. The second kappa shape index (κ2) is 8.90. The molecule has 0 heterocycles. The standard InChI is InChI=1S/C17H17ClO5/c1-11(16(20)22-2)4-5-13(17(21)23-3)10-15(19)12-6-8-14(18)9-7-12/h6-10H,1,4-5H2,2-3H3/b13-10+. The molecule has 0 N–H and O–H groups in total. The van der Waals surface area contributed by atoms with Crippen LogP contribution in [0.2, 0.25) is 5.02 Å². The highest BCUT2D eigenvalue weighted by molar-refractivity contribution is 6.30. The molecule has 0 amide bonds. The summed E-state index contributed by atoms with van der Waals surface area (Å²) in [7, 11) is 2.46. The van der Waals surface area contributed by atoms with E-state index in [0.29, 0.717) is 10.6 Å². The molecule has 5 nitrogen and oxygen atoms in total. The average Bonchev–Trinajstić information content (AvgIpc) is 2.57. The van der Waals surface area contributed by atoms with Gasteiger partial charge in [-0.2, -0.15) is 0 Å². The van der Waals surface area contributed by atoms with Crippen molar-refractivity contribution in [3.8, 4) is 0 Å². The number of ether oxygens (including phenoxy) is 2. The minimum Gasteiger partial charge on any atom is -0.466 e. The molecule has 0 aliphatic rings. The molecule has 0 unspecified atom stereocenters. The van der Waals surface area contributed by atoms with E-state index >= 15 is 0 Å². The number of carbonyl (C=O) groups is 3. The first-order chi connectivity index (χ1) is 10.9. The van der Waals surface area contributed by atoms with Gasteiger partial charge in [-0.25, -0.2) is 9.59 Å². The number of hydrogen-bond donors (Lipinski definition) is 0. The van der Waals surface area contributed by atoms with Gasteiger partial charge in [0, 0.05) is 21.7 Å². The topological polar surface area (TPSA) is 69.7 Å². The molecule has 0 aromatic heterocycles. The molecule has 0 fully saturated rings. The Morgan fingerprint density at radius 3 is 2.13 bits per heavy atom. The van der Waals surface area contributed by atoms with E-state index in [-0.39, 0.29) is 29.8 Å². The Labute approximate surface area is 139 Å². The van der Waals surface area contributed by atoms with Crippen molar-refractivity contribution in [3.63, 3.8) is 0 Å². The Kier molecular flexibility index (Phi) is 7.22. The molecule has 1 aromatic carbocycles. The molecule has 6 heteroatoms. The Balaban J connectivity index is 2.90. The van der Waals surface area contributed by atoms with Crippen LogP contribution in [-0.4, -0.2) is 31.9 Å². The Morgan fingerprint density at radius 2 is 1.61 bits per heavy atom. The van der Waals surface area contributed by atoms with E-state index in [4.69, 9.17) is 11.6 Å². The first-order valence-corrected chi connectivity index (χ1v) is 7.11. The summed E-state index contributed by atoms with van der Waals surface area (Å²) in [5, 5.41) is 0.507. The first-order valence-electron chi connectivity index (χ1n) is 6.74. The van der Waals surface area contributed by atoms with Crippen LogP contribution in [0, 0.1) is 0 Å². The van der Waals surface area contributed by atoms with Crippen LogP contribution < -0.4 is 0 Å². The maximum atomic E-state index is 12.2. The van der Waals surface area contributed by atoms with Gasteiger partial charge in [-0.05, 0) is 43.2 Å². The number of halogens is 1. The average molecular weight is 337 g/mol. The van der Waals surface area contributed by atoms with Gasteiger partial charge in [-0.3, -0.25) is 4.79 Å². The van der Waals surface area contributed by atoms with Gasteiger partial charge in [0.15, 0.2) is 5.78 Å². The highest BCUT2D eigenvalue weighted by atomic mass is 35.5. The van der Waals surface area contributed by atoms with Gasteiger partial charge >= 0.3 is 11.9 Å². The normalized spacial score (nSPS) is 10.8. The molecule has 0 spiro atoms. The van der Waals surface area contributed by atoms with Crippen molar-refractivity contribution >= 4 is 29.3 Å². The minimum absolute atomic E-state index is 0.139. The molecule has 1 aromatic rings. The summed E-state index contributed by atoms with van der Waals surface area (Å²) in [5.41, 5.74) is 0.751. The molecule has 0 atom stereocenters. The molecule has 23 heavy (non-hydrogen) atoms. The van der Waals surface area contributed by atoms with E-state index in [0.717, 1.165) is 0 Å². The van der Waals surface area contributed by atoms with E-state index in [1.54, 1.807) is 24.3 Å². The highest BCUT2D eigenvalue weighted by Crippen LogP contribution is 2.16. The fourth-order valence-corrected chi connectivity index (χ4v) is 1.88. The van der Waals surface area contributed by atoms with Crippen LogP contribution in [0.4, 0.5) is 0 Å². The molecule has 0 saturated carbocycles. The van der Waals surface area contributed by atoms with Gasteiger partial charge in [0.05, 0.1) is 14.2 Å². The van der Waals surface area contributed by atoms with Crippen molar-refractivity contribution in [2.45, 2.75) is 12.8 Å². The molecule has 122 valence electrons. The van der Waals surface area contributed by atoms with Gasteiger partial charge in [-0.1, -0.05) is 18.2 Å². The van der Waals surface area contributed by atoms with Crippen molar-refractivity contribution in [2.24, 2.45) is 0 Å². The van der Waals surface area contributed by atoms with Gasteiger partial charge in [0.25, 0.3) is 0 Å². The van der Waals surface area contributed by atoms with Crippen molar-refractivity contribution in [3.05, 3.63) is 58.7 Å². The SMILES string of the molecule is C=C(CC/C(=C\C(=O)c1ccc(Cl)cc1)C(=O)OC)C(=O)OC. The maximum Gasteiger partial charge on any atom is 0.333 e. The van der Waals surface area contributed by atoms with Crippen LogP contribution in [0.3, 0.4) is 0 Å². The van der Waals surface area contributed by atoms with E-state index in [1.807, 2.05) is 0 Å². The van der Waals surface area contributed by atoms with E-state index in [1.165, 1.54) is 20.3 Å². The van der Waals surface area contributed by atoms with Crippen molar-refractivity contribution in [1.29, 1.82) is 0 Å². The molecular weight excluding hydrogens is 320 g/mol. The summed E-state index contributed by atoms with van der Waals surface area (Å²) < 4.78 is 9.20. The summed E-state index contributed by atoms with van der Waals surface area (Å²) in [6.07, 6.45) is 1.51. The Hall–Kier alpha value is -2.40. The highest BCUT2D eigenvalue weighted by Gasteiger charge is 2.15. The summed E-state index contributed by atoms with van der Waals surface area (Å²) in [6.45, 7) is 3.58. The number of ketones is 1. The number of esters is 2. The summed E-state index contributed by atoms with van der Waals surface area (Å²) >= 11 is 5.77. The van der Waals surface area contributed by atoms with E-state index in [9.17, 15) is 14.4 Å². The Morgan fingerprint density at radius 1 is 1.04 bits per heavy atom. The second-order valence-corrected chi connectivity index (χ2v) is 5.06. The zero-order chi connectivity index (χ0) is 17.4. The fraction of sp³-hybridized carbons (Fsp3) is 0.235. The predicted octanol–water partition coefficient (Wildman–Crippen LogP) is 3.13. The molecule has 1 rings (SSSR count). The molecule has 0 radical (unpaired) electrons. The Bertz CT molecular complexity index is 643. The predicted molar refractivity (Wildman–Crippen MR) is 86.3 cm³/mol. The number of rotatable bonds is 7.